The molecule has 1 amide bonds. The molecule has 7 nitrogen and oxygen atoms in total. The number of carbonyl (C=O) groups is 1. The molecule has 2 aromatic heterocycles. The first kappa shape index (κ1) is 20.1. The second-order valence-corrected chi connectivity index (χ2v) is 8.01. The SMILES string of the molecule is COc1ccc(NC(=O)CSc2ccc(-c3sc(C)nc3C)nn2)c(OC)c1. The molecule has 9 heteroatoms. The van der Waals surface area contributed by atoms with Crippen molar-refractivity contribution in [2.24, 2.45) is 0 Å². The van der Waals surface area contributed by atoms with Gasteiger partial charge in [0.15, 0.2) is 0 Å². The number of hydrogen-bond acceptors (Lipinski definition) is 8. The molecule has 0 aliphatic heterocycles. The summed E-state index contributed by atoms with van der Waals surface area (Å²) < 4.78 is 10.4. The predicted octanol–water partition coefficient (Wildman–Crippen LogP) is 3.96. The topological polar surface area (TPSA) is 86.2 Å². The van der Waals surface area contributed by atoms with Crippen molar-refractivity contribution in [2.45, 2.75) is 18.9 Å². The number of rotatable bonds is 7. The van der Waals surface area contributed by atoms with Crippen molar-refractivity contribution >= 4 is 34.7 Å². The van der Waals surface area contributed by atoms with Crippen molar-refractivity contribution in [3.8, 4) is 22.1 Å². The van der Waals surface area contributed by atoms with Gasteiger partial charge in [0.25, 0.3) is 0 Å². The number of ether oxygens (including phenoxy) is 2. The van der Waals surface area contributed by atoms with Gasteiger partial charge in [0.2, 0.25) is 5.91 Å². The molecule has 0 unspecified atom stereocenters. The highest BCUT2D eigenvalue weighted by molar-refractivity contribution is 7.99. The first-order valence-corrected chi connectivity index (χ1v) is 10.2. The van der Waals surface area contributed by atoms with Crippen LogP contribution in [0.4, 0.5) is 5.69 Å². The Morgan fingerprint density at radius 3 is 2.57 bits per heavy atom. The molecule has 28 heavy (non-hydrogen) atoms. The lowest BCUT2D eigenvalue weighted by atomic mass is 10.2. The number of nitrogens with one attached hydrogen (secondary N) is 1. The molecule has 0 saturated carbocycles. The quantitative estimate of drug-likeness (QED) is 0.583. The van der Waals surface area contributed by atoms with Crippen LogP contribution in [-0.2, 0) is 4.79 Å². The average molecular weight is 417 g/mol. The number of nitrogens with zero attached hydrogens (tertiary/aromatic N) is 3. The molecule has 0 saturated heterocycles. The van der Waals surface area contributed by atoms with Crippen molar-refractivity contribution < 1.29 is 14.3 Å². The van der Waals surface area contributed by atoms with Crippen LogP contribution in [-0.4, -0.2) is 41.1 Å². The lowest BCUT2D eigenvalue weighted by Gasteiger charge is -2.11. The van der Waals surface area contributed by atoms with E-state index in [0.717, 1.165) is 21.3 Å². The van der Waals surface area contributed by atoms with E-state index in [1.54, 1.807) is 43.8 Å². The Balaban J connectivity index is 1.60. The summed E-state index contributed by atoms with van der Waals surface area (Å²) in [7, 11) is 3.12. The van der Waals surface area contributed by atoms with Gasteiger partial charge in [0.05, 0.1) is 41.2 Å². The van der Waals surface area contributed by atoms with Crippen LogP contribution < -0.4 is 14.8 Å². The molecule has 0 radical (unpaired) electrons. The van der Waals surface area contributed by atoms with Gasteiger partial charge < -0.3 is 14.8 Å². The van der Waals surface area contributed by atoms with Crippen LogP contribution in [0.5, 0.6) is 11.5 Å². The Morgan fingerprint density at radius 1 is 1.14 bits per heavy atom. The van der Waals surface area contributed by atoms with Gasteiger partial charge in [-0.05, 0) is 38.1 Å². The fourth-order valence-corrected chi connectivity index (χ4v) is 4.01. The molecule has 1 aromatic carbocycles. The number of aromatic nitrogens is 3. The van der Waals surface area contributed by atoms with Crippen LogP contribution in [0.25, 0.3) is 10.6 Å². The van der Waals surface area contributed by atoms with E-state index in [1.807, 2.05) is 26.0 Å². The highest BCUT2D eigenvalue weighted by atomic mass is 32.2. The maximum absolute atomic E-state index is 12.3. The van der Waals surface area contributed by atoms with E-state index in [2.05, 4.69) is 20.5 Å². The molecule has 1 N–H and O–H groups in total. The van der Waals surface area contributed by atoms with Crippen LogP contribution in [0.15, 0.2) is 35.4 Å². The highest BCUT2D eigenvalue weighted by Crippen LogP contribution is 2.30. The number of thioether (sulfide) groups is 1. The van der Waals surface area contributed by atoms with Gasteiger partial charge in [-0.15, -0.1) is 21.5 Å². The molecule has 3 rings (SSSR count). The second-order valence-electron chi connectivity index (χ2n) is 5.81. The van der Waals surface area contributed by atoms with Crippen molar-refractivity contribution in [1.82, 2.24) is 15.2 Å². The summed E-state index contributed by atoms with van der Waals surface area (Å²) in [6.07, 6.45) is 0. The van der Waals surface area contributed by atoms with Crippen LogP contribution >= 0.6 is 23.1 Å². The van der Waals surface area contributed by atoms with Gasteiger partial charge in [0, 0.05) is 6.07 Å². The van der Waals surface area contributed by atoms with E-state index in [9.17, 15) is 4.79 Å². The number of amides is 1. The lowest BCUT2D eigenvalue weighted by molar-refractivity contribution is -0.113. The van der Waals surface area contributed by atoms with E-state index < -0.39 is 0 Å². The van der Waals surface area contributed by atoms with Gasteiger partial charge >= 0.3 is 0 Å². The monoisotopic (exact) mass is 416 g/mol. The first-order valence-electron chi connectivity index (χ1n) is 8.43. The Morgan fingerprint density at radius 2 is 1.96 bits per heavy atom. The third-order valence-electron chi connectivity index (χ3n) is 3.81. The summed E-state index contributed by atoms with van der Waals surface area (Å²) in [5, 5.41) is 13.0. The fraction of sp³-hybridized carbons (Fsp3) is 0.263. The minimum absolute atomic E-state index is 0.159. The number of aryl methyl sites for hydroxylation is 2. The van der Waals surface area contributed by atoms with Gasteiger partial charge in [-0.1, -0.05) is 11.8 Å². The summed E-state index contributed by atoms with van der Waals surface area (Å²) in [6, 6.07) is 8.99. The van der Waals surface area contributed by atoms with Crippen LogP contribution in [0, 0.1) is 13.8 Å². The zero-order valence-electron chi connectivity index (χ0n) is 16.0. The maximum atomic E-state index is 12.3. The van der Waals surface area contributed by atoms with Crippen molar-refractivity contribution in [1.29, 1.82) is 0 Å². The largest absolute Gasteiger partial charge is 0.497 e. The highest BCUT2D eigenvalue weighted by Gasteiger charge is 2.12. The summed E-state index contributed by atoms with van der Waals surface area (Å²) in [6.45, 7) is 3.93. The molecule has 2 heterocycles. The third-order valence-corrected chi connectivity index (χ3v) is 5.83. The average Bonchev–Trinajstić information content (AvgIpc) is 3.05. The minimum Gasteiger partial charge on any atom is -0.497 e. The summed E-state index contributed by atoms with van der Waals surface area (Å²) in [5.41, 5.74) is 2.33. The maximum Gasteiger partial charge on any atom is 0.234 e. The van der Waals surface area contributed by atoms with E-state index >= 15 is 0 Å². The number of hydrogen-bond donors (Lipinski definition) is 1. The number of carbonyl (C=O) groups excluding carboxylic acids is 1. The predicted molar refractivity (Wildman–Crippen MR) is 112 cm³/mol. The Kier molecular flexibility index (Phi) is 6.48. The Labute approximate surface area is 171 Å². The van der Waals surface area contributed by atoms with Crippen molar-refractivity contribution in [2.75, 3.05) is 25.3 Å². The molecule has 0 aliphatic carbocycles. The van der Waals surface area contributed by atoms with E-state index in [0.29, 0.717) is 22.2 Å². The van der Waals surface area contributed by atoms with E-state index in [4.69, 9.17) is 9.47 Å². The standard InChI is InChI=1S/C19H20N4O3S2/c1-11-19(28-12(2)20-11)15-7-8-18(23-22-15)27-10-17(24)21-14-6-5-13(25-3)9-16(14)26-4/h5-9H,10H2,1-4H3,(H,21,24). The zero-order chi connectivity index (χ0) is 20.1. The lowest BCUT2D eigenvalue weighted by Crippen LogP contribution is -2.14. The van der Waals surface area contributed by atoms with Crippen LogP contribution in [0.1, 0.15) is 10.7 Å². The van der Waals surface area contributed by atoms with E-state index in [1.165, 1.54) is 11.8 Å². The minimum atomic E-state index is -0.159. The Hall–Kier alpha value is -2.65. The van der Waals surface area contributed by atoms with Crippen molar-refractivity contribution in [3.63, 3.8) is 0 Å². The molecule has 0 spiro atoms. The molecular weight excluding hydrogens is 396 g/mol. The normalized spacial score (nSPS) is 10.6. The number of anilines is 1. The molecule has 0 atom stereocenters. The molecule has 0 fully saturated rings. The Bertz CT molecular complexity index is 974. The molecular formula is C19H20N4O3S2. The van der Waals surface area contributed by atoms with Gasteiger partial charge in [0.1, 0.15) is 22.2 Å². The molecule has 0 aliphatic rings. The van der Waals surface area contributed by atoms with Gasteiger partial charge in [-0.25, -0.2) is 4.98 Å². The number of methoxy groups -OCH3 is 2. The third kappa shape index (κ3) is 4.79. The molecule has 3 aromatic rings. The van der Waals surface area contributed by atoms with Gasteiger partial charge in [-0.3, -0.25) is 4.79 Å². The smallest absolute Gasteiger partial charge is 0.234 e. The number of thiazole rings is 1. The summed E-state index contributed by atoms with van der Waals surface area (Å²) >= 11 is 2.91. The summed E-state index contributed by atoms with van der Waals surface area (Å²) in [5.74, 6) is 1.25. The first-order chi connectivity index (χ1) is 13.5. The van der Waals surface area contributed by atoms with Crippen LogP contribution in [0.3, 0.4) is 0 Å². The second kappa shape index (κ2) is 9.03. The van der Waals surface area contributed by atoms with Crippen LogP contribution in [0.2, 0.25) is 0 Å². The number of benzene rings is 1. The van der Waals surface area contributed by atoms with Gasteiger partial charge in [-0.2, -0.15) is 0 Å². The molecule has 146 valence electrons. The zero-order valence-corrected chi connectivity index (χ0v) is 17.6. The molecule has 0 bridgehead atoms. The fourth-order valence-electron chi connectivity index (χ4n) is 2.51. The summed E-state index contributed by atoms with van der Waals surface area (Å²) in [4.78, 5) is 17.7. The van der Waals surface area contributed by atoms with Crippen molar-refractivity contribution in [3.05, 3.63) is 41.0 Å². The van der Waals surface area contributed by atoms with E-state index in [-0.39, 0.29) is 11.7 Å².